The Bertz CT molecular complexity index is 7110. The van der Waals surface area contributed by atoms with E-state index >= 15 is 0 Å². The molecular weight excluding hydrogens is 1450 g/mol. The number of benzene rings is 21. The molecule has 2 nitrogen and oxygen atoms in total. The second-order valence-corrected chi connectivity index (χ2v) is 44.4. The predicted molar refractivity (Wildman–Crippen MR) is 524 cm³/mol. The number of aryl methyl sites for hydroxylation is 2. The number of hydrogen-bond acceptors (Lipinski definition) is 2. The first-order chi connectivity index (χ1) is 57.7. The average Bonchev–Trinajstić information content (AvgIpc) is 0.700. The van der Waals surface area contributed by atoms with E-state index in [1.54, 1.807) is 0 Å². The van der Waals surface area contributed by atoms with Crippen LogP contribution in [0, 0.1) is 13.8 Å². The SMILES string of the molecule is Cc1cc(N(c2ccccc2)c2ccccc2)c2c3ccccc3c3c(C)cc(B(c4ccc([Si](C)(C)C)cc4)c4ccc([Si](C)(C)C)cc4)c4ccc1c2c43.c1ccc(-c2ccc(B(c3ccc(-c4ccccc4)cc3)c3ccc4c5ccccc5c5c(N(c6ccccc6)c6cccc7ccccc67)ccc6ccc3c4c65)cc2)cc1. The molecule has 21 aromatic rings. The van der Waals surface area contributed by atoms with Gasteiger partial charge in [0.1, 0.15) is 0 Å². The molecule has 0 unspecified atom stereocenters. The predicted octanol–water partition coefficient (Wildman–Crippen LogP) is 25.6. The zero-order chi connectivity index (χ0) is 79.9. The second kappa shape index (κ2) is 30.0. The molecule has 0 aliphatic rings. The molecule has 0 aliphatic heterocycles. The molecule has 118 heavy (non-hydrogen) atoms. The highest BCUT2D eigenvalue weighted by Gasteiger charge is 2.33. The standard InChI is InChI=1S/C60H40BN.C52H50BNSi2/c1-4-15-41(16-5-1)43-27-33-47(34-28-43)61(48-35-29-44(30-36-48)42-17-6-2-7-18-42)55-39-38-53-51-24-12-13-25-52(51)60-57(40-32-46-31-37-54(55)59(53)58(46)60)62(49-21-8-3-9-22-49)56-26-14-20-45-19-10-11-23-50(45)56;1-35-34-48(54(39-17-11-9-12-18-39)40-19-13-10-14-20-40)50-45-22-16-15-21-44(45)49-36(2)33-47(46-32-31-43(35)51(50)52(46)49)53(37-23-27-41(28-24-37)55(3,4)5)38-25-29-42(30-26-38)56(6,7)8/h1-40H;9-34H,1-8H3. The van der Waals surface area contributed by atoms with Crippen molar-refractivity contribution < 1.29 is 0 Å². The van der Waals surface area contributed by atoms with Crippen LogP contribution in [0.4, 0.5) is 34.1 Å². The molecule has 21 aromatic carbocycles. The number of hydrogen-bond donors (Lipinski definition) is 0. The number of rotatable bonds is 16. The number of nitrogens with zero attached hydrogens (tertiary/aromatic N) is 2. The van der Waals surface area contributed by atoms with Gasteiger partial charge in [0, 0.05) is 44.0 Å². The Balaban J connectivity index is 0.000000152. The molecule has 0 aromatic heterocycles. The summed E-state index contributed by atoms with van der Waals surface area (Å²) in [6.07, 6.45) is 0. The third-order valence-electron chi connectivity index (χ3n) is 25.0. The normalized spacial score (nSPS) is 11.9. The molecule has 0 radical (unpaired) electrons. The Hall–Kier alpha value is -13.4. The summed E-state index contributed by atoms with van der Waals surface area (Å²) in [6.45, 7) is 19.4. The lowest BCUT2D eigenvalue weighted by Gasteiger charge is -2.30. The molecule has 0 heterocycles. The van der Waals surface area contributed by atoms with E-state index in [0.717, 1.165) is 22.7 Å². The summed E-state index contributed by atoms with van der Waals surface area (Å²) < 4.78 is 0. The Kier molecular flexibility index (Phi) is 18.7. The molecule has 0 amide bonds. The quantitative estimate of drug-likeness (QED) is 0.0540. The van der Waals surface area contributed by atoms with Crippen LogP contribution in [-0.2, 0) is 0 Å². The molecule has 0 N–H and O–H groups in total. The minimum absolute atomic E-state index is 0.00329. The van der Waals surface area contributed by atoms with Gasteiger partial charge in [0.15, 0.2) is 0 Å². The van der Waals surface area contributed by atoms with Gasteiger partial charge in [-0.3, -0.25) is 0 Å². The molecule has 0 spiro atoms. The molecule has 6 heteroatoms. The summed E-state index contributed by atoms with van der Waals surface area (Å²) >= 11 is 0. The fraction of sp³-hybridized carbons (Fsp3) is 0.0714. The molecule has 0 fully saturated rings. The minimum atomic E-state index is -1.47. The van der Waals surface area contributed by atoms with Gasteiger partial charge in [0.25, 0.3) is 0 Å². The fourth-order valence-electron chi connectivity index (χ4n) is 19.3. The van der Waals surface area contributed by atoms with Crippen LogP contribution in [0.3, 0.4) is 0 Å². The highest BCUT2D eigenvalue weighted by atomic mass is 28.3. The summed E-state index contributed by atoms with van der Waals surface area (Å²) in [5.74, 6) is 0. The van der Waals surface area contributed by atoms with Crippen LogP contribution in [0.1, 0.15) is 11.1 Å². The van der Waals surface area contributed by atoms with Crippen LogP contribution in [0.25, 0.3) is 119 Å². The van der Waals surface area contributed by atoms with Gasteiger partial charge in [-0.15, -0.1) is 0 Å². The van der Waals surface area contributed by atoms with Crippen LogP contribution >= 0.6 is 0 Å². The average molecular weight is 1540 g/mol. The van der Waals surface area contributed by atoms with Gasteiger partial charge in [-0.05, 0) is 172 Å². The van der Waals surface area contributed by atoms with Crippen molar-refractivity contribution in [3.05, 3.63) is 412 Å². The van der Waals surface area contributed by atoms with E-state index in [-0.39, 0.29) is 13.4 Å². The lowest BCUT2D eigenvalue weighted by Crippen LogP contribution is -2.53. The van der Waals surface area contributed by atoms with Crippen molar-refractivity contribution in [1.29, 1.82) is 0 Å². The molecule has 0 saturated carbocycles. The Morgan fingerprint density at radius 2 is 0.576 bits per heavy atom. The van der Waals surface area contributed by atoms with Crippen LogP contribution in [-0.4, -0.2) is 29.6 Å². The fourth-order valence-corrected chi connectivity index (χ4v) is 21.6. The summed E-state index contributed by atoms with van der Waals surface area (Å²) in [6, 6.07) is 149. The summed E-state index contributed by atoms with van der Waals surface area (Å²) in [5, 5.41) is 26.3. The van der Waals surface area contributed by atoms with Gasteiger partial charge in [0.2, 0.25) is 13.4 Å². The smallest absolute Gasteiger partial charge is 0.242 e. The van der Waals surface area contributed by atoms with Crippen molar-refractivity contribution in [3.63, 3.8) is 0 Å². The Labute approximate surface area is 695 Å². The first kappa shape index (κ1) is 73.5. The number of fused-ring (bicyclic) bond motifs is 7. The molecule has 0 aliphatic carbocycles. The first-order valence-electron chi connectivity index (χ1n) is 41.7. The topological polar surface area (TPSA) is 6.48 Å². The molecular formula is C112H90B2N2Si2. The second-order valence-electron chi connectivity index (χ2n) is 34.3. The largest absolute Gasteiger partial charge is 0.310 e. The van der Waals surface area contributed by atoms with Gasteiger partial charge in [-0.2, -0.15) is 0 Å². The van der Waals surface area contributed by atoms with Crippen molar-refractivity contribution in [2.24, 2.45) is 0 Å². The molecule has 0 atom stereocenters. The number of anilines is 6. The van der Waals surface area contributed by atoms with Gasteiger partial charge in [-0.25, -0.2) is 0 Å². The summed E-state index contributed by atoms with van der Waals surface area (Å²) in [5.41, 5.74) is 22.4. The maximum atomic E-state index is 2.52. The summed E-state index contributed by atoms with van der Waals surface area (Å²) in [7, 11) is -2.94. The third kappa shape index (κ3) is 13.0. The zero-order valence-electron chi connectivity index (χ0n) is 68.2. The van der Waals surface area contributed by atoms with Crippen LogP contribution in [0.2, 0.25) is 39.3 Å². The van der Waals surface area contributed by atoms with E-state index < -0.39 is 16.1 Å². The maximum Gasteiger partial charge on any atom is 0.242 e. The van der Waals surface area contributed by atoms with E-state index in [9.17, 15) is 0 Å². The summed E-state index contributed by atoms with van der Waals surface area (Å²) in [4.78, 5) is 4.94. The molecule has 562 valence electrons. The maximum absolute atomic E-state index is 2.52. The third-order valence-corrected chi connectivity index (χ3v) is 29.2. The number of para-hydroxylation sites is 3. The van der Waals surface area contributed by atoms with Gasteiger partial charge >= 0.3 is 0 Å². The Morgan fingerprint density at radius 3 is 1.11 bits per heavy atom. The lowest BCUT2D eigenvalue weighted by atomic mass is 9.36. The van der Waals surface area contributed by atoms with E-state index in [1.165, 1.54) is 185 Å². The first-order valence-corrected chi connectivity index (χ1v) is 48.7. The molecule has 21 rings (SSSR count). The van der Waals surface area contributed by atoms with E-state index in [4.69, 9.17) is 0 Å². The van der Waals surface area contributed by atoms with Crippen molar-refractivity contribution in [2.45, 2.75) is 53.1 Å². The van der Waals surface area contributed by atoms with Crippen LogP contribution in [0.5, 0.6) is 0 Å². The van der Waals surface area contributed by atoms with E-state index in [2.05, 4.69) is 463 Å². The highest BCUT2D eigenvalue weighted by molar-refractivity contribution is 6.98. The van der Waals surface area contributed by atoms with Gasteiger partial charge < -0.3 is 9.80 Å². The molecule has 0 bridgehead atoms. The molecule has 0 saturated heterocycles. The monoisotopic (exact) mass is 1540 g/mol. The minimum Gasteiger partial charge on any atom is -0.310 e. The zero-order valence-corrected chi connectivity index (χ0v) is 70.2. The van der Waals surface area contributed by atoms with Crippen molar-refractivity contribution >= 4 is 204 Å². The Morgan fingerprint density at radius 1 is 0.203 bits per heavy atom. The van der Waals surface area contributed by atoms with Gasteiger partial charge in [0.05, 0.1) is 33.2 Å². The van der Waals surface area contributed by atoms with Gasteiger partial charge in [-0.1, -0.05) is 428 Å². The lowest BCUT2D eigenvalue weighted by molar-refractivity contribution is 1.29. The van der Waals surface area contributed by atoms with Crippen molar-refractivity contribution in [2.75, 3.05) is 9.80 Å². The van der Waals surface area contributed by atoms with Crippen LogP contribution in [0.15, 0.2) is 400 Å². The van der Waals surface area contributed by atoms with Crippen molar-refractivity contribution in [1.82, 2.24) is 0 Å². The van der Waals surface area contributed by atoms with E-state index in [0.29, 0.717) is 0 Å². The van der Waals surface area contributed by atoms with Crippen molar-refractivity contribution in [3.8, 4) is 22.3 Å². The van der Waals surface area contributed by atoms with E-state index in [1.807, 2.05) is 0 Å². The highest BCUT2D eigenvalue weighted by Crippen LogP contribution is 2.52. The van der Waals surface area contributed by atoms with Crippen LogP contribution < -0.4 is 53.0 Å².